The maximum atomic E-state index is 12.6. The second-order valence-corrected chi connectivity index (χ2v) is 5.46. The molecule has 1 atom stereocenters. The topological polar surface area (TPSA) is 89.4 Å². The van der Waals surface area contributed by atoms with Gasteiger partial charge in [-0.3, -0.25) is 9.59 Å². The summed E-state index contributed by atoms with van der Waals surface area (Å²) in [4.78, 5) is 25.4. The molecule has 1 unspecified atom stereocenters. The molecule has 1 aliphatic rings. The van der Waals surface area contributed by atoms with Gasteiger partial charge < -0.3 is 16.4 Å². The molecular weight excluding hydrogens is 230 g/mol. The molecule has 0 spiro atoms. The van der Waals surface area contributed by atoms with Crippen molar-refractivity contribution in [3.05, 3.63) is 0 Å². The fourth-order valence-corrected chi connectivity index (χ4v) is 2.48. The molecule has 5 heteroatoms. The fraction of sp³-hybridized carbons (Fsp3) is 0.846. The van der Waals surface area contributed by atoms with Gasteiger partial charge >= 0.3 is 0 Å². The highest BCUT2D eigenvalue weighted by atomic mass is 16.2. The Morgan fingerprint density at radius 2 is 1.89 bits per heavy atom. The molecule has 1 aliphatic carbocycles. The smallest absolute Gasteiger partial charge is 0.237 e. The number of nitrogens with two attached hydrogens (primary N) is 2. The van der Waals surface area contributed by atoms with Crippen LogP contribution in [0, 0.1) is 5.41 Å². The molecule has 0 aromatic rings. The first kappa shape index (κ1) is 15.0. The lowest BCUT2D eigenvalue weighted by Gasteiger charge is -2.36. The lowest BCUT2D eigenvalue weighted by Crippen LogP contribution is -2.52. The third-order valence-corrected chi connectivity index (χ3v) is 4.10. The van der Waals surface area contributed by atoms with Crippen molar-refractivity contribution in [2.24, 2.45) is 16.9 Å². The molecule has 104 valence electrons. The number of nitrogens with zero attached hydrogens (tertiary/aromatic N) is 1. The van der Waals surface area contributed by atoms with E-state index in [1.807, 2.05) is 13.8 Å². The van der Waals surface area contributed by atoms with Gasteiger partial charge in [0, 0.05) is 12.6 Å². The molecule has 1 saturated carbocycles. The number of hydrogen-bond acceptors (Lipinski definition) is 3. The lowest BCUT2D eigenvalue weighted by molar-refractivity contribution is -0.146. The van der Waals surface area contributed by atoms with Crippen LogP contribution in [0.4, 0.5) is 0 Å². The summed E-state index contributed by atoms with van der Waals surface area (Å²) in [5.41, 5.74) is 10.4. The number of hydrogen-bond donors (Lipinski definition) is 2. The summed E-state index contributed by atoms with van der Waals surface area (Å²) >= 11 is 0. The predicted octanol–water partition coefficient (Wildman–Crippen LogP) is 0.618. The van der Waals surface area contributed by atoms with Crippen molar-refractivity contribution >= 4 is 11.8 Å². The zero-order chi connectivity index (χ0) is 13.8. The summed E-state index contributed by atoms with van der Waals surface area (Å²) in [5.74, 6) is -0.482. The van der Waals surface area contributed by atoms with Crippen molar-refractivity contribution < 1.29 is 9.59 Å². The molecule has 18 heavy (non-hydrogen) atoms. The SMILES string of the molecule is CCC(C)(CN)C(=O)N(CC(N)=O)C1CCCC1. The van der Waals surface area contributed by atoms with E-state index in [1.165, 1.54) is 0 Å². The molecule has 0 radical (unpaired) electrons. The molecular formula is C13H25N3O2. The molecule has 1 fully saturated rings. The number of primary amides is 1. The molecule has 5 nitrogen and oxygen atoms in total. The highest BCUT2D eigenvalue weighted by molar-refractivity contribution is 5.87. The van der Waals surface area contributed by atoms with Crippen molar-refractivity contribution in [3.63, 3.8) is 0 Å². The van der Waals surface area contributed by atoms with Gasteiger partial charge in [0.15, 0.2) is 0 Å². The van der Waals surface area contributed by atoms with Crippen LogP contribution in [0.5, 0.6) is 0 Å². The maximum Gasteiger partial charge on any atom is 0.237 e. The van der Waals surface area contributed by atoms with Gasteiger partial charge in [0.05, 0.1) is 12.0 Å². The minimum Gasteiger partial charge on any atom is -0.368 e. The summed E-state index contributed by atoms with van der Waals surface area (Å²) < 4.78 is 0. The highest BCUT2D eigenvalue weighted by Crippen LogP contribution is 2.29. The van der Waals surface area contributed by atoms with Crippen LogP contribution in [0.2, 0.25) is 0 Å². The first-order chi connectivity index (χ1) is 8.44. The molecule has 0 bridgehead atoms. The monoisotopic (exact) mass is 255 g/mol. The summed E-state index contributed by atoms with van der Waals surface area (Å²) in [6, 6.07) is 0.155. The molecule has 0 aromatic carbocycles. The third kappa shape index (κ3) is 3.22. The van der Waals surface area contributed by atoms with Crippen molar-refractivity contribution in [1.29, 1.82) is 0 Å². The normalized spacial score (nSPS) is 19.5. The molecule has 0 saturated heterocycles. The van der Waals surface area contributed by atoms with Crippen molar-refractivity contribution in [2.45, 2.75) is 52.0 Å². The Balaban J connectivity index is 2.87. The van der Waals surface area contributed by atoms with E-state index in [-0.39, 0.29) is 18.5 Å². The van der Waals surface area contributed by atoms with Gasteiger partial charge in [-0.2, -0.15) is 0 Å². The Morgan fingerprint density at radius 3 is 2.28 bits per heavy atom. The van der Waals surface area contributed by atoms with Crippen LogP contribution in [-0.2, 0) is 9.59 Å². The van der Waals surface area contributed by atoms with Crippen LogP contribution in [0.3, 0.4) is 0 Å². The van der Waals surface area contributed by atoms with E-state index in [1.54, 1.807) is 4.90 Å². The van der Waals surface area contributed by atoms with Gasteiger partial charge in [-0.15, -0.1) is 0 Å². The van der Waals surface area contributed by atoms with Crippen molar-refractivity contribution in [3.8, 4) is 0 Å². The van der Waals surface area contributed by atoms with Gasteiger partial charge in [0.25, 0.3) is 0 Å². The van der Waals surface area contributed by atoms with E-state index >= 15 is 0 Å². The maximum absolute atomic E-state index is 12.6. The second-order valence-electron chi connectivity index (χ2n) is 5.46. The van der Waals surface area contributed by atoms with Gasteiger partial charge in [0.1, 0.15) is 0 Å². The molecule has 2 amide bonds. The Kier molecular flexibility index (Phi) is 5.14. The zero-order valence-electron chi connectivity index (χ0n) is 11.4. The van der Waals surface area contributed by atoms with Crippen LogP contribution < -0.4 is 11.5 Å². The zero-order valence-corrected chi connectivity index (χ0v) is 11.4. The van der Waals surface area contributed by atoms with Crippen molar-refractivity contribution in [2.75, 3.05) is 13.1 Å². The van der Waals surface area contributed by atoms with E-state index in [2.05, 4.69) is 0 Å². The van der Waals surface area contributed by atoms with Gasteiger partial charge in [-0.25, -0.2) is 0 Å². The summed E-state index contributed by atoms with van der Waals surface area (Å²) in [6.07, 6.45) is 4.81. The highest BCUT2D eigenvalue weighted by Gasteiger charge is 2.38. The number of rotatable bonds is 6. The van der Waals surface area contributed by atoms with Crippen LogP contribution in [0.25, 0.3) is 0 Å². The minimum atomic E-state index is -0.585. The quantitative estimate of drug-likeness (QED) is 0.729. The number of carbonyl (C=O) groups excluding carboxylic acids is 2. The molecule has 1 rings (SSSR count). The van der Waals surface area contributed by atoms with E-state index in [0.29, 0.717) is 13.0 Å². The minimum absolute atomic E-state index is 0.0130. The molecule has 0 aromatic heterocycles. The number of carbonyl (C=O) groups is 2. The Hall–Kier alpha value is -1.10. The molecule has 0 heterocycles. The number of amides is 2. The van der Waals surface area contributed by atoms with Crippen LogP contribution in [0.1, 0.15) is 46.0 Å². The molecule has 4 N–H and O–H groups in total. The first-order valence-electron chi connectivity index (χ1n) is 6.74. The van der Waals surface area contributed by atoms with Crippen LogP contribution in [0.15, 0.2) is 0 Å². The van der Waals surface area contributed by atoms with Crippen molar-refractivity contribution in [1.82, 2.24) is 4.90 Å². The second kappa shape index (κ2) is 6.18. The van der Waals surface area contributed by atoms with E-state index in [0.717, 1.165) is 25.7 Å². The average Bonchev–Trinajstić information content (AvgIpc) is 2.87. The molecule has 0 aliphatic heterocycles. The Morgan fingerprint density at radius 1 is 1.33 bits per heavy atom. The Labute approximate surface area is 109 Å². The first-order valence-corrected chi connectivity index (χ1v) is 6.74. The summed E-state index contributed by atoms with van der Waals surface area (Å²) in [6.45, 7) is 4.11. The Bertz CT molecular complexity index is 307. The van der Waals surface area contributed by atoms with E-state index in [9.17, 15) is 9.59 Å². The van der Waals surface area contributed by atoms with Crippen LogP contribution in [-0.4, -0.2) is 35.8 Å². The van der Waals surface area contributed by atoms with Crippen LogP contribution >= 0.6 is 0 Å². The largest absolute Gasteiger partial charge is 0.368 e. The standard InChI is InChI=1S/C13H25N3O2/c1-3-13(2,9-14)12(18)16(8-11(15)17)10-6-4-5-7-10/h10H,3-9,14H2,1-2H3,(H2,15,17). The summed E-state index contributed by atoms with van der Waals surface area (Å²) in [7, 11) is 0. The fourth-order valence-electron chi connectivity index (χ4n) is 2.48. The average molecular weight is 255 g/mol. The van der Waals surface area contributed by atoms with E-state index in [4.69, 9.17) is 11.5 Å². The lowest BCUT2D eigenvalue weighted by atomic mass is 9.85. The van der Waals surface area contributed by atoms with Gasteiger partial charge in [-0.05, 0) is 26.2 Å². The van der Waals surface area contributed by atoms with Gasteiger partial charge in [0.2, 0.25) is 11.8 Å². The van der Waals surface area contributed by atoms with E-state index < -0.39 is 11.3 Å². The summed E-state index contributed by atoms with van der Waals surface area (Å²) in [5, 5.41) is 0. The van der Waals surface area contributed by atoms with Gasteiger partial charge in [-0.1, -0.05) is 19.8 Å². The predicted molar refractivity (Wildman–Crippen MR) is 70.6 cm³/mol. The third-order valence-electron chi connectivity index (χ3n) is 4.10.